The Balaban J connectivity index is 1.16. The lowest BCUT2D eigenvalue weighted by Gasteiger charge is -2.27. The van der Waals surface area contributed by atoms with Crippen molar-refractivity contribution >= 4 is 24.0 Å². The monoisotopic (exact) mass is 642 g/mol. The van der Waals surface area contributed by atoms with Crippen LogP contribution in [0.2, 0.25) is 0 Å². The third kappa shape index (κ3) is 12.9. The minimum atomic E-state index is -0.495. The molecule has 2 atom stereocenters. The molecule has 2 unspecified atom stereocenters. The first-order chi connectivity index (χ1) is 23.0. The number of benzene rings is 3. The molecule has 248 valence electrons. The van der Waals surface area contributed by atoms with Gasteiger partial charge in [0.25, 0.3) is 0 Å². The first-order valence-corrected chi connectivity index (χ1v) is 16.0. The van der Waals surface area contributed by atoms with Crippen molar-refractivity contribution in [2.75, 3.05) is 26.4 Å². The summed E-state index contributed by atoms with van der Waals surface area (Å²) < 4.78 is 33.6. The first-order valence-electron chi connectivity index (χ1n) is 16.0. The molecule has 0 saturated carbocycles. The molecule has 47 heavy (non-hydrogen) atoms. The molecule has 4 rings (SSSR count). The van der Waals surface area contributed by atoms with Crippen molar-refractivity contribution in [1.82, 2.24) is 0 Å². The number of ether oxygens (including phenoxy) is 6. The average Bonchev–Trinajstić information content (AvgIpc) is 3.11. The van der Waals surface area contributed by atoms with Crippen LogP contribution in [0.5, 0.6) is 11.5 Å². The van der Waals surface area contributed by atoms with Gasteiger partial charge in [0, 0.05) is 18.8 Å². The first kappa shape index (κ1) is 35.1. The van der Waals surface area contributed by atoms with E-state index in [1.165, 1.54) is 6.08 Å². The molecular weight excluding hydrogens is 600 g/mol. The summed E-state index contributed by atoms with van der Waals surface area (Å²) in [6, 6.07) is 23.2. The van der Waals surface area contributed by atoms with E-state index in [9.17, 15) is 14.4 Å². The predicted octanol–water partition coefficient (Wildman–Crippen LogP) is 7.42. The van der Waals surface area contributed by atoms with Crippen LogP contribution in [0.3, 0.4) is 0 Å². The van der Waals surface area contributed by atoms with Gasteiger partial charge in [-0.3, -0.25) is 0 Å². The Bertz CT molecular complexity index is 1430. The van der Waals surface area contributed by atoms with Crippen molar-refractivity contribution in [3.05, 3.63) is 114 Å². The van der Waals surface area contributed by atoms with Gasteiger partial charge >= 0.3 is 17.9 Å². The van der Waals surface area contributed by atoms with E-state index in [4.69, 9.17) is 28.4 Å². The van der Waals surface area contributed by atoms with Crippen molar-refractivity contribution in [3.8, 4) is 11.5 Å². The summed E-state index contributed by atoms with van der Waals surface area (Å²) in [6.45, 7) is 5.03. The second-order valence-electron chi connectivity index (χ2n) is 10.9. The quantitative estimate of drug-likeness (QED) is 0.0607. The van der Waals surface area contributed by atoms with Crippen LogP contribution in [0.25, 0.3) is 6.08 Å². The van der Waals surface area contributed by atoms with Crippen molar-refractivity contribution in [3.63, 3.8) is 0 Å². The van der Waals surface area contributed by atoms with Gasteiger partial charge in [-0.1, -0.05) is 49.0 Å². The zero-order chi connectivity index (χ0) is 33.1. The molecule has 0 amide bonds. The van der Waals surface area contributed by atoms with Gasteiger partial charge < -0.3 is 28.4 Å². The molecule has 1 aliphatic rings. The minimum absolute atomic E-state index is 0.0625. The fourth-order valence-electron chi connectivity index (χ4n) is 4.73. The Kier molecular flexibility index (Phi) is 14.7. The molecule has 1 heterocycles. The standard InChI is InChI=1S/C38H42O9/c1-2-35(39)43-26-10-4-3-9-25-42-32-22-18-31(19-23-32)38(41)46-33-20-15-29(16-21-33)17-24-36(40)45-28-34(30-12-6-5-7-13-30)47-37-14-8-11-27-44-37/h2,5-7,12-13,15-24,34,37H,1,3-4,8-11,14,25-28H2/b24-17+. The molecule has 0 bridgehead atoms. The summed E-state index contributed by atoms with van der Waals surface area (Å²) in [6.07, 6.45) is 9.83. The second-order valence-corrected chi connectivity index (χ2v) is 10.9. The number of hydrogen-bond donors (Lipinski definition) is 0. The fraction of sp³-hybridized carbons (Fsp3) is 0.342. The molecule has 3 aromatic rings. The Morgan fingerprint density at radius 2 is 1.53 bits per heavy atom. The van der Waals surface area contributed by atoms with E-state index in [2.05, 4.69) is 6.58 Å². The van der Waals surface area contributed by atoms with Gasteiger partial charge in [-0.2, -0.15) is 0 Å². The molecular formula is C38H42O9. The maximum absolute atomic E-state index is 12.6. The summed E-state index contributed by atoms with van der Waals surface area (Å²) >= 11 is 0. The van der Waals surface area contributed by atoms with Gasteiger partial charge in [0.1, 0.15) is 24.2 Å². The largest absolute Gasteiger partial charge is 0.494 e. The fourth-order valence-corrected chi connectivity index (χ4v) is 4.73. The van der Waals surface area contributed by atoms with Crippen LogP contribution in [-0.2, 0) is 28.5 Å². The summed E-state index contributed by atoms with van der Waals surface area (Å²) in [7, 11) is 0. The Hall–Kier alpha value is -4.73. The van der Waals surface area contributed by atoms with Crippen LogP contribution in [-0.4, -0.2) is 50.6 Å². The lowest BCUT2D eigenvalue weighted by molar-refractivity contribution is -0.200. The lowest BCUT2D eigenvalue weighted by Crippen LogP contribution is -2.26. The molecule has 1 saturated heterocycles. The van der Waals surface area contributed by atoms with Crippen LogP contribution in [0.1, 0.15) is 72.5 Å². The third-order valence-corrected chi connectivity index (χ3v) is 7.31. The van der Waals surface area contributed by atoms with Gasteiger partial charge in [-0.15, -0.1) is 0 Å². The van der Waals surface area contributed by atoms with Crippen LogP contribution in [0, 0.1) is 0 Å². The molecule has 0 radical (unpaired) electrons. The highest BCUT2D eigenvalue weighted by Gasteiger charge is 2.22. The normalized spacial score (nSPS) is 15.0. The topological polar surface area (TPSA) is 107 Å². The van der Waals surface area contributed by atoms with Crippen LogP contribution in [0.15, 0.2) is 97.6 Å². The summed E-state index contributed by atoms with van der Waals surface area (Å²) in [4.78, 5) is 36.1. The molecule has 9 heteroatoms. The highest BCUT2D eigenvalue weighted by molar-refractivity contribution is 5.91. The molecule has 0 N–H and O–H groups in total. The van der Waals surface area contributed by atoms with Crippen molar-refractivity contribution in [2.45, 2.75) is 57.3 Å². The zero-order valence-corrected chi connectivity index (χ0v) is 26.6. The van der Waals surface area contributed by atoms with Gasteiger partial charge in [0.05, 0.1) is 18.8 Å². The Morgan fingerprint density at radius 1 is 0.809 bits per heavy atom. The summed E-state index contributed by atoms with van der Waals surface area (Å²) in [5, 5.41) is 0. The van der Waals surface area contributed by atoms with E-state index in [1.54, 1.807) is 54.6 Å². The summed E-state index contributed by atoms with van der Waals surface area (Å²) in [5.41, 5.74) is 2.05. The molecule has 0 spiro atoms. The highest BCUT2D eigenvalue weighted by Crippen LogP contribution is 2.25. The zero-order valence-electron chi connectivity index (χ0n) is 26.6. The second kappa shape index (κ2) is 19.7. The molecule has 9 nitrogen and oxygen atoms in total. The van der Waals surface area contributed by atoms with Crippen LogP contribution in [0.4, 0.5) is 0 Å². The van der Waals surface area contributed by atoms with Gasteiger partial charge in [0.15, 0.2) is 6.29 Å². The van der Waals surface area contributed by atoms with Crippen molar-refractivity contribution in [1.29, 1.82) is 0 Å². The summed E-state index contributed by atoms with van der Waals surface area (Å²) in [5.74, 6) is -0.344. The van der Waals surface area contributed by atoms with E-state index in [-0.39, 0.29) is 12.9 Å². The number of carbonyl (C=O) groups is 3. The van der Waals surface area contributed by atoms with Gasteiger partial charge in [-0.25, -0.2) is 14.4 Å². The molecule has 0 aromatic heterocycles. The van der Waals surface area contributed by atoms with Gasteiger partial charge in [0.2, 0.25) is 0 Å². The van der Waals surface area contributed by atoms with E-state index in [0.29, 0.717) is 36.9 Å². The molecule has 0 aliphatic carbocycles. The smallest absolute Gasteiger partial charge is 0.343 e. The predicted molar refractivity (Wildman–Crippen MR) is 177 cm³/mol. The van der Waals surface area contributed by atoms with Crippen molar-refractivity contribution in [2.24, 2.45) is 0 Å². The van der Waals surface area contributed by atoms with Crippen LogP contribution < -0.4 is 9.47 Å². The highest BCUT2D eigenvalue weighted by atomic mass is 16.7. The van der Waals surface area contributed by atoms with E-state index in [1.807, 2.05) is 30.3 Å². The average molecular weight is 643 g/mol. The van der Waals surface area contributed by atoms with E-state index in [0.717, 1.165) is 62.1 Å². The van der Waals surface area contributed by atoms with Crippen LogP contribution >= 0.6 is 0 Å². The minimum Gasteiger partial charge on any atom is -0.494 e. The SMILES string of the molecule is C=CC(=O)OCCCCCCOc1ccc(C(=O)Oc2ccc(/C=C/C(=O)OCC(OC3CCCCO3)c3ccccc3)cc2)cc1. The maximum Gasteiger partial charge on any atom is 0.343 e. The number of unbranched alkanes of at least 4 members (excludes halogenated alkanes) is 3. The molecule has 1 aliphatic heterocycles. The maximum atomic E-state index is 12.6. The van der Waals surface area contributed by atoms with E-state index < -0.39 is 24.0 Å². The van der Waals surface area contributed by atoms with Crippen molar-refractivity contribution < 1.29 is 42.8 Å². The Labute approximate surface area is 276 Å². The van der Waals surface area contributed by atoms with E-state index >= 15 is 0 Å². The number of carbonyl (C=O) groups excluding carboxylic acids is 3. The molecule has 1 fully saturated rings. The number of hydrogen-bond acceptors (Lipinski definition) is 9. The number of esters is 3. The lowest BCUT2D eigenvalue weighted by atomic mass is 10.1. The number of rotatable bonds is 18. The Morgan fingerprint density at radius 3 is 2.23 bits per heavy atom. The third-order valence-electron chi connectivity index (χ3n) is 7.31. The molecule has 3 aromatic carbocycles. The van der Waals surface area contributed by atoms with Gasteiger partial charge in [-0.05, 0) is 98.5 Å².